The fourth-order valence-electron chi connectivity index (χ4n) is 1.75. The first-order valence-electron chi connectivity index (χ1n) is 5.05. The van der Waals surface area contributed by atoms with E-state index in [9.17, 15) is 4.79 Å². The molecule has 16 heavy (non-hydrogen) atoms. The van der Waals surface area contributed by atoms with Crippen molar-refractivity contribution in [2.24, 2.45) is 0 Å². The van der Waals surface area contributed by atoms with Crippen molar-refractivity contribution in [3.05, 3.63) is 23.2 Å². The lowest BCUT2D eigenvalue weighted by atomic mass is 10.2. The molecule has 0 fully saturated rings. The van der Waals surface area contributed by atoms with E-state index in [0.717, 1.165) is 12.2 Å². The van der Waals surface area contributed by atoms with Gasteiger partial charge in [-0.15, -0.1) is 0 Å². The summed E-state index contributed by atoms with van der Waals surface area (Å²) in [6, 6.07) is 5.19. The van der Waals surface area contributed by atoms with Crippen LogP contribution in [0, 0.1) is 0 Å². The Kier molecular flexibility index (Phi) is 2.92. The molecule has 1 aliphatic rings. The van der Waals surface area contributed by atoms with Gasteiger partial charge in [-0.25, -0.2) is 4.79 Å². The SMILES string of the molecule is CCN1CC(C(=O)O)Oc2ccc(Cl)cc21. The monoisotopic (exact) mass is 241 g/mol. The number of rotatable bonds is 2. The van der Waals surface area contributed by atoms with Crippen molar-refractivity contribution in [1.82, 2.24) is 0 Å². The lowest BCUT2D eigenvalue weighted by molar-refractivity contribution is -0.144. The Morgan fingerprint density at radius 3 is 3.06 bits per heavy atom. The summed E-state index contributed by atoms with van der Waals surface area (Å²) in [7, 11) is 0. The molecule has 0 radical (unpaired) electrons. The van der Waals surface area contributed by atoms with Crippen LogP contribution in [0.15, 0.2) is 18.2 Å². The normalized spacial score (nSPS) is 18.9. The van der Waals surface area contributed by atoms with Gasteiger partial charge in [-0.1, -0.05) is 11.6 Å². The number of hydrogen-bond donors (Lipinski definition) is 1. The molecule has 0 aliphatic carbocycles. The summed E-state index contributed by atoms with van der Waals surface area (Å²) >= 11 is 5.90. The van der Waals surface area contributed by atoms with Crippen LogP contribution in [0.4, 0.5) is 5.69 Å². The van der Waals surface area contributed by atoms with Crippen LogP contribution in [0.2, 0.25) is 5.02 Å². The van der Waals surface area contributed by atoms with Crippen molar-refractivity contribution in [3.8, 4) is 5.75 Å². The Balaban J connectivity index is 2.38. The van der Waals surface area contributed by atoms with Crippen molar-refractivity contribution >= 4 is 23.3 Å². The molecule has 1 aromatic carbocycles. The lowest BCUT2D eigenvalue weighted by Gasteiger charge is -2.33. The van der Waals surface area contributed by atoms with Gasteiger partial charge in [0.05, 0.1) is 12.2 Å². The number of hydrogen-bond acceptors (Lipinski definition) is 3. The van der Waals surface area contributed by atoms with Crippen LogP contribution in [0.25, 0.3) is 0 Å². The van der Waals surface area contributed by atoms with E-state index in [1.165, 1.54) is 0 Å². The van der Waals surface area contributed by atoms with Gasteiger partial charge in [-0.05, 0) is 25.1 Å². The summed E-state index contributed by atoms with van der Waals surface area (Å²) in [6.45, 7) is 3.04. The number of halogens is 1. The molecule has 0 amide bonds. The molecule has 0 aromatic heterocycles. The molecule has 1 heterocycles. The fourth-order valence-corrected chi connectivity index (χ4v) is 1.92. The predicted octanol–water partition coefficient (Wildman–Crippen LogP) is 2.01. The van der Waals surface area contributed by atoms with Gasteiger partial charge in [-0.3, -0.25) is 0 Å². The molecule has 0 saturated carbocycles. The third-order valence-electron chi connectivity index (χ3n) is 2.57. The van der Waals surface area contributed by atoms with E-state index in [-0.39, 0.29) is 0 Å². The highest BCUT2D eigenvalue weighted by atomic mass is 35.5. The zero-order valence-corrected chi connectivity index (χ0v) is 9.57. The Labute approximate surface area is 98.4 Å². The van der Waals surface area contributed by atoms with E-state index in [2.05, 4.69) is 0 Å². The summed E-state index contributed by atoms with van der Waals surface area (Å²) in [5.41, 5.74) is 0.854. The van der Waals surface area contributed by atoms with Crippen molar-refractivity contribution in [1.29, 1.82) is 0 Å². The van der Waals surface area contributed by atoms with E-state index >= 15 is 0 Å². The molecule has 1 aromatic rings. The topological polar surface area (TPSA) is 49.8 Å². The number of carboxylic acid groups (broad SMARTS) is 1. The standard InChI is InChI=1S/C11H12ClNO3/c1-2-13-6-10(11(14)15)16-9-4-3-7(12)5-8(9)13/h3-5,10H,2,6H2,1H3,(H,14,15). The largest absolute Gasteiger partial charge is 0.478 e. The fraction of sp³-hybridized carbons (Fsp3) is 0.364. The van der Waals surface area contributed by atoms with Crippen LogP contribution in [-0.2, 0) is 4.79 Å². The molecular formula is C11H12ClNO3. The van der Waals surface area contributed by atoms with E-state index in [1.54, 1.807) is 18.2 Å². The third kappa shape index (κ3) is 1.93. The molecule has 1 atom stereocenters. The van der Waals surface area contributed by atoms with Gasteiger partial charge >= 0.3 is 5.97 Å². The summed E-state index contributed by atoms with van der Waals surface area (Å²) in [5.74, 6) is -0.371. The zero-order valence-electron chi connectivity index (χ0n) is 8.81. The zero-order chi connectivity index (χ0) is 11.7. The molecule has 2 rings (SSSR count). The van der Waals surface area contributed by atoms with Gasteiger partial charge in [0.2, 0.25) is 6.10 Å². The molecule has 4 nitrogen and oxygen atoms in total. The molecule has 1 unspecified atom stereocenters. The smallest absolute Gasteiger partial charge is 0.346 e. The highest BCUT2D eigenvalue weighted by molar-refractivity contribution is 6.31. The number of likely N-dealkylation sites (N-methyl/N-ethyl adjacent to an activating group) is 1. The predicted molar refractivity (Wildman–Crippen MR) is 61.4 cm³/mol. The van der Waals surface area contributed by atoms with Gasteiger partial charge in [0.25, 0.3) is 0 Å². The molecule has 1 N–H and O–H groups in total. The Hall–Kier alpha value is -1.42. The summed E-state index contributed by atoms with van der Waals surface area (Å²) < 4.78 is 5.38. The van der Waals surface area contributed by atoms with Crippen LogP contribution in [-0.4, -0.2) is 30.3 Å². The van der Waals surface area contributed by atoms with Crippen molar-refractivity contribution in [3.63, 3.8) is 0 Å². The van der Waals surface area contributed by atoms with Crippen molar-refractivity contribution in [2.45, 2.75) is 13.0 Å². The molecule has 1 aliphatic heterocycles. The van der Waals surface area contributed by atoms with Gasteiger partial charge in [-0.2, -0.15) is 0 Å². The average Bonchev–Trinajstić information content (AvgIpc) is 2.27. The number of carbonyl (C=O) groups is 1. The number of fused-ring (bicyclic) bond motifs is 1. The maximum atomic E-state index is 10.9. The number of aliphatic carboxylic acids is 1. The van der Waals surface area contributed by atoms with Crippen LogP contribution in [0.5, 0.6) is 5.75 Å². The van der Waals surface area contributed by atoms with Gasteiger partial charge in [0.15, 0.2) is 0 Å². The summed E-state index contributed by atoms with van der Waals surface area (Å²) in [4.78, 5) is 12.9. The van der Waals surface area contributed by atoms with Crippen LogP contribution >= 0.6 is 11.6 Å². The second-order valence-corrected chi connectivity index (χ2v) is 4.03. The van der Waals surface area contributed by atoms with Gasteiger partial charge in [0, 0.05) is 11.6 Å². The van der Waals surface area contributed by atoms with E-state index < -0.39 is 12.1 Å². The van der Waals surface area contributed by atoms with E-state index in [1.807, 2.05) is 11.8 Å². The quantitative estimate of drug-likeness (QED) is 0.861. The van der Waals surface area contributed by atoms with Crippen molar-refractivity contribution in [2.75, 3.05) is 18.0 Å². The van der Waals surface area contributed by atoms with Crippen LogP contribution in [0.3, 0.4) is 0 Å². The number of ether oxygens (including phenoxy) is 1. The van der Waals surface area contributed by atoms with E-state index in [4.69, 9.17) is 21.4 Å². The molecular weight excluding hydrogens is 230 g/mol. The molecule has 5 heteroatoms. The highest BCUT2D eigenvalue weighted by Crippen LogP contribution is 2.35. The molecule has 0 saturated heterocycles. The summed E-state index contributed by atoms with van der Waals surface area (Å²) in [6.07, 6.45) is -0.811. The Morgan fingerprint density at radius 1 is 1.69 bits per heavy atom. The maximum absolute atomic E-state index is 10.9. The molecule has 0 bridgehead atoms. The minimum absolute atomic E-state index is 0.346. The minimum atomic E-state index is -0.945. The van der Waals surface area contributed by atoms with Gasteiger partial charge < -0.3 is 14.7 Å². The first-order valence-corrected chi connectivity index (χ1v) is 5.43. The maximum Gasteiger partial charge on any atom is 0.346 e. The number of benzene rings is 1. The van der Waals surface area contributed by atoms with Crippen LogP contribution < -0.4 is 9.64 Å². The van der Waals surface area contributed by atoms with E-state index in [0.29, 0.717) is 17.3 Å². The third-order valence-corrected chi connectivity index (χ3v) is 2.81. The molecule has 86 valence electrons. The van der Waals surface area contributed by atoms with Crippen LogP contribution in [0.1, 0.15) is 6.92 Å². The highest BCUT2D eigenvalue weighted by Gasteiger charge is 2.29. The number of anilines is 1. The number of nitrogens with zero attached hydrogens (tertiary/aromatic N) is 1. The second kappa shape index (κ2) is 4.22. The van der Waals surface area contributed by atoms with Crippen molar-refractivity contribution < 1.29 is 14.6 Å². The Morgan fingerprint density at radius 2 is 2.44 bits per heavy atom. The first kappa shape index (κ1) is 11.1. The first-order chi connectivity index (χ1) is 7.61. The Bertz CT molecular complexity index is 422. The minimum Gasteiger partial charge on any atom is -0.478 e. The lowest BCUT2D eigenvalue weighted by Crippen LogP contribution is -2.44. The number of carboxylic acids is 1. The van der Waals surface area contributed by atoms with Gasteiger partial charge in [0.1, 0.15) is 5.75 Å². The molecule has 0 spiro atoms. The average molecular weight is 242 g/mol. The summed E-state index contributed by atoms with van der Waals surface area (Å²) in [5, 5.41) is 9.57. The second-order valence-electron chi connectivity index (χ2n) is 3.60.